The average molecular weight is 641 g/mol. The number of methoxy groups -OCH3 is 1. The van der Waals surface area contributed by atoms with Crippen LogP contribution in [0.4, 0.5) is 4.39 Å². The molecule has 1 amide bonds. The summed E-state index contributed by atoms with van der Waals surface area (Å²) in [6, 6.07) is 15.6. The first-order valence-electron chi connectivity index (χ1n) is 13.4. The van der Waals surface area contributed by atoms with Gasteiger partial charge in [-0.1, -0.05) is 41.9 Å². The van der Waals surface area contributed by atoms with Crippen molar-refractivity contribution in [3.05, 3.63) is 99.5 Å². The Balaban J connectivity index is 1.40. The summed E-state index contributed by atoms with van der Waals surface area (Å²) in [7, 11) is 1.46. The minimum atomic E-state index is -0.652. The van der Waals surface area contributed by atoms with Crippen molar-refractivity contribution in [2.75, 3.05) is 20.3 Å². The van der Waals surface area contributed by atoms with Gasteiger partial charge < -0.3 is 29.6 Å². The fourth-order valence-corrected chi connectivity index (χ4v) is 4.89. The van der Waals surface area contributed by atoms with Crippen molar-refractivity contribution < 1.29 is 32.9 Å². The van der Waals surface area contributed by atoms with E-state index in [9.17, 15) is 14.0 Å². The maximum atomic E-state index is 13.5. The van der Waals surface area contributed by atoms with Gasteiger partial charge in [-0.15, -0.1) is 0 Å². The van der Waals surface area contributed by atoms with Gasteiger partial charge in [-0.25, -0.2) is 14.6 Å². The molecule has 10 nitrogen and oxygen atoms in total. The number of ether oxygens (including phenoxy) is 4. The molecule has 0 fully saturated rings. The Labute approximate surface area is 264 Å². The molecule has 3 aromatic carbocycles. The number of amides is 1. The highest BCUT2D eigenvalue weighted by molar-refractivity contribution is 7.80. The van der Waals surface area contributed by atoms with Gasteiger partial charge in [0, 0.05) is 11.3 Å². The van der Waals surface area contributed by atoms with Gasteiger partial charge >= 0.3 is 5.97 Å². The summed E-state index contributed by atoms with van der Waals surface area (Å²) in [6.07, 6.45) is 1.38. The third-order valence-electron chi connectivity index (χ3n) is 6.28. The second kappa shape index (κ2) is 15.2. The highest BCUT2D eigenvalue weighted by Gasteiger charge is 2.32. The lowest BCUT2D eigenvalue weighted by molar-refractivity contribution is -0.139. The van der Waals surface area contributed by atoms with Gasteiger partial charge in [0.25, 0.3) is 5.91 Å². The molecule has 0 radical (unpaired) electrons. The number of benzene rings is 3. The highest BCUT2D eigenvalue weighted by atomic mass is 35.5. The first-order chi connectivity index (χ1) is 21.2. The molecule has 13 heteroatoms. The molecule has 1 aliphatic rings. The topological polar surface area (TPSA) is 120 Å². The smallest absolute Gasteiger partial charge is 0.338 e. The zero-order valence-corrected chi connectivity index (χ0v) is 25.7. The van der Waals surface area contributed by atoms with Crippen LogP contribution in [0, 0.1) is 5.82 Å². The predicted molar refractivity (Wildman–Crippen MR) is 167 cm³/mol. The second-order valence-electron chi connectivity index (χ2n) is 9.36. The van der Waals surface area contributed by atoms with Gasteiger partial charge in [-0.05, 0) is 67.5 Å². The number of allylic oxidation sites excluding steroid dienone is 1. The number of carbonyl (C=O) groups excluding carboxylic acids is 2. The quantitative estimate of drug-likeness (QED) is 0.109. The van der Waals surface area contributed by atoms with Crippen molar-refractivity contribution in [3.63, 3.8) is 0 Å². The van der Waals surface area contributed by atoms with Crippen LogP contribution in [-0.4, -0.2) is 43.5 Å². The maximum Gasteiger partial charge on any atom is 0.338 e. The summed E-state index contributed by atoms with van der Waals surface area (Å²) in [5.41, 5.74) is 5.06. The third-order valence-corrected chi connectivity index (χ3v) is 6.78. The molecule has 0 aromatic heterocycles. The Morgan fingerprint density at radius 3 is 2.66 bits per heavy atom. The van der Waals surface area contributed by atoms with Crippen LogP contribution in [0.25, 0.3) is 0 Å². The van der Waals surface area contributed by atoms with Crippen molar-refractivity contribution >= 4 is 47.0 Å². The van der Waals surface area contributed by atoms with Crippen LogP contribution in [0.3, 0.4) is 0 Å². The van der Waals surface area contributed by atoms with Gasteiger partial charge in [0.15, 0.2) is 23.2 Å². The van der Waals surface area contributed by atoms with Crippen LogP contribution in [0.15, 0.2) is 77.0 Å². The molecule has 0 saturated carbocycles. The van der Waals surface area contributed by atoms with E-state index in [-0.39, 0.29) is 36.4 Å². The van der Waals surface area contributed by atoms with Crippen LogP contribution in [0.2, 0.25) is 5.02 Å². The second-order valence-corrected chi connectivity index (χ2v) is 10.2. The number of nitrogens with one attached hydrogen (secondary N) is 3. The molecule has 0 unspecified atom stereocenters. The average Bonchev–Trinajstić information content (AvgIpc) is 2.99. The number of hydrogen-bond acceptors (Lipinski definition) is 8. The summed E-state index contributed by atoms with van der Waals surface area (Å²) in [4.78, 5) is 25.3. The fourth-order valence-electron chi connectivity index (χ4n) is 4.35. The van der Waals surface area contributed by atoms with Gasteiger partial charge in [-0.2, -0.15) is 5.10 Å². The lowest BCUT2D eigenvalue weighted by atomic mass is 9.95. The van der Waals surface area contributed by atoms with E-state index in [1.165, 1.54) is 25.5 Å². The van der Waals surface area contributed by atoms with E-state index in [4.69, 9.17) is 42.8 Å². The molecule has 44 heavy (non-hydrogen) atoms. The summed E-state index contributed by atoms with van der Waals surface area (Å²) >= 11 is 11.7. The van der Waals surface area contributed by atoms with Crippen LogP contribution in [-0.2, 0) is 20.9 Å². The summed E-state index contributed by atoms with van der Waals surface area (Å²) in [5.74, 6) is -0.413. The lowest BCUT2D eigenvalue weighted by Gasteiger charge is -2.30. The van der Waals surface area contributed by atoms with Gasteiger partial charge in [0.05, 0.1) is 36.6 Å². The fraction of sp³-hybridized carbons (Fsp3) is 0.226. The number of thiocarbonyl (C=S) groups is 1. The van der Waals surface area contributed by atoms with E-state index in [1.807, 2.05) is 0 Å². The van der Waals surface area contributed by atoms with Crippen molar-refractivity contribution in [2.24, 2.45) is 5.10 Å². The van der Waals surface area contributed by atoms with Crippen LogP contribution >= 0.6 is 23.8 Å². The van der Waals surface area contributed by atoms with E-state index in [0.29, 0.717) is 44.6 Å². The number of hydrazone groups is 1. The first-order valence-corrected chi connectivity index (χ1v) is 14.2. The molecule has 0 spiro atoms. The number of para-hydroxylation sites is 1. The van der Waals surface area contributed by atoms with E-state index < -0.39 is 17.9 Å². The molecular formula is C31H30ClFN4O6S. The van der Waals surface area contributed by atoms with Crippen molar-refractivity contribution in [1.29, 1.82) is 0 Å². The number of hydrogen-bond donors (Lipinski definition) is 3. The minimum Gasteiger partial charge on any atom is -0.493 e. The van der Waals surface area contributed by atoms with Gasteiger partial charge in [-0.3, -0.25) is 4.79 Å². The number of halogens is 2. The normalized spacial score (nSPS) is 14.5. The van der Waals surface area contributed by atoms with E-state index in [2.05, 4.69) is 21.2 Å². The lowest BCUT2D eigenvalue weighted by Crippen LogP contribution is -2.45. The van der Waals surface area contributed by atoms with Crippen molar-refractivity contribution in [2.45, 2.75) is 26.5 Å². The Kier molecular flexibility index (Phi) is 11.1. The first kappa shape index (κ1) is 32.2. The van der Waals surface area contributed by atoms with E-state index in [1.54, 1.807) is 62.4 Å². The van der Waals surface area contributed by atoms with Crippen LogP contribution < -0.4 is 30.3 Å². The SMILES string of the molecule is CCOC(=O)C1=C(C)NC(=S)N[C@@H]1c1ccccc1OCC(=O)NN=Cc1cc(Cl)c(OCc2cccc(F)c2)c(OC)c1. The van der Waals surface area contributed by atoms with E-state index in [0.717, 1.165) is 0 Å². The largest absolute Gasteiger partial charge is 0.493 e. The summed E-state index contributed by atoms with van der Waals surface area (Å²) in [5, 5.41) is 10.6. The standard InChI is InChI=1S/C31H30ClFN4O6S/c1-4-41-30(39)27-18(2)35-31(44)36-28(27)22-10-5-6-11-24(22)42-17-26(38)37-34-15-20-13-23(32)29(25(14-20)40-3)43-16-19-8-7-9-21(33)12-19/h5-15,28H,4,16-17H2,1-3H3,(H,37,38)(H2,35,36,44)/t28-/m1/s1. The Morgan fingerprint density at radius 1 is 1.11 bits per heavy atom. The van der Waals surface area contributed by atoms with Crippen LogP contribution in [0.1, 0.15) is 36.6 Å². The molecule has 0 bridgehead atoms. The zero-order valence-electron chi connectivity index (χ0n) is 24.1. The number of carbonyl (C=O) groups is 2. The molecule has 3 N–H and O–H groups in total. The van der Waals surface area contributed by atoms with Gasteiger partial charge in [0.1, 0.15) is 18.2 Å². The maximum absolute atomic E-state index is 13.5. The number of nitrogens with zero attached hydrogens (tertiary/aromatic N) is 1. The number of esters is 1. The predicted octanol–water partition coefficient (Wildman–Crippen LogP) is 4.95. The zero-order chi connectivity index (χ0) is 31.6. The van der Waals surface area contributed by atoms with Crippen molar-refractivity contribution in [3.8, 4) is 17.2 Å². The molecular weight excluding hydrogens is 611 g/mol. The van der Waals surface area contributed by atoms with Crippen molar-refractivity contribution in [1.82, 2.24) is 16.1 Å². The summed E-state index contributed by atoms with van der Waals surface area (Å²) < 4.78 is 35.7. The molecule has 0 aliphatic carbocycles. The van der Waals surface area contributed by atoms with E-state index >= 15 is 0 Å². The Bertz CT molecular complexity index is 1620. The number of rotatable bonds is 12. The molecule has 1 aliphatic heterocycles. The molecule has 0 saturated heterocycles. The van der Waals surface area contributed by atoms with Crippen LogP contribution in [0.5, 0.6) is 17.2 Å². The molecule has 230 valence electrons. The Morgan fingerprint density at radius 2 is 1.91 bits per heavy atom. The minimum absolute atomic E-state index is 0.0842. The third kappa shape index (κ3) is 8.23. The summed E-state index contributed by atoms with van der Waals surface area (Å²) in [6.45, 7) is 3.39. The van der Waals surface area contributed by atoms with Gasteiger partial charge in [0.2, 0.25) is 0 Å². The monoisotopic (exact) mass is 640 g/mol. The highest BCUT2D eigenvalue weighted by Crippen LogP contribution is 2.37. The molecule has 4 rings (SSSR count). The molecule has 1 atom stereocenters. The molecule has 1 heterocycles. The Hall–Kier alpha value is -4.68. The molecule has 3 aromatic rings.